The number of unbranched alkanes of at least 4 members (excludes halogenated alkanes) is 2. The van der Waals surface area contributed by atoms with Gasteiger partial charge in [0.1, 0.15) is 28.3 Å². The summed E-state index contributed by atoms with van der Waals surface area (Å²) >= 11 is 6.10. The number of benzene rings is 4. The van der Waals surface area contributed by atoms with Gasteiger partial charge in [0.2, 0.25) is 0 Å². The molecular formula is C70H58ClN11. The molecule has 0 aliphatic carbocycles. The molecule has 4 aromatic carbocycles. The predicted octanol–water partition coefficient (Wildman–Crippen LogP) is 14.2. The molecule has 0 amide bonds. The second kappa shape index (κ2) is 31.2. The monoisotopic (exact) mass is 1090 g/mol. The first kappa shape index (κ1) is 56.3. The van der Waals surface area contributed by atoms with E-state index in [4.69, 9.17) is 11.6 Å². The molecule has 0 radical (unpaired) electrons. The minimum atomic E-state index is 0.681. The van der Waals surface area contributed by atoms with Gasteiger partial charge in [-0.2, -0.15) is 15.3 Å². The molecule has 8 aromatic heterocycles. The highest BCUT2D eigenvalue weighted by Gasteiger charge is 2.05. The van der Waals surface area contributed by atoms with Crippen LogP contribution >= 0.6 is 11.6 Å². The normalized spacial score (nSPS) is 10.1. The molecule has 12 aromatic rings. The van der Waals surface area contributed by atoms with E-state index in [0.717, 1.165) is 121 Å². The Morgan fingerprint density at radius 2 is 0.902 bits per heavy atom. The zero-order valence-electron chi connectivity index (χ0n) is 45.3. The van der Waals surface area contributed by atoms with E-state index < -0.39 is 0 Å². The summed E-state index contributed by atoms with van der Waals surface area (Å²) in [6.45, 7) is 2.47. The van der Waals surface area contributed by atoms with Gasteiger partial charge in [0.25, 0.3) is 0 Å². The first-order valence-electron chi connectivity index (χ1n) is 27.1. The van der Waals surface area contributed by atoms with E-state index in [0.29, 0.717) is 5.02 Å². The molecule has 0 saturated carbocycles. The second-order valence-corrected chi connectivity index (χ2v) is 18.8. The van der Waals surface area contributed by atoms with Crippen LogP contribution in [0.5, 0.6) is 0 Å². The molecular weight excluding hydrogens is 1030 g/mol. The van der Waals surface area contributed by atoms with Gasteiger partial charge in [-0.05, 0) is 115 Å². The lowest BCUT2D eigenvalue weighted by Crippen LogP contribution is -1.97. The third kappa shape index (κ3) is 18.3. The Kier molecular flexibility index (Phi) is 21.4. The smallest absolute Gasteiger partial charge is 0.113 e. The lowest BCUT2D eigenvalue weighted by molar-refractivity contribution is 0.567. The molecule has 11 nitrogen and oxygen atoms in total. The number of para-hydroxylation sites is 1. The Balaban J connectivity index is 0.000000132. The van der Waals surface area contributed by atoms with Crippen molar-refractivity contribution in [2.24, 2.45) is 0 Å². The summed E-state index contributed by atoms with van der Waals surface area (Å²) in [6.07, 6.45) is 21.3. The lowest BCUT2D eigenvalue weighted by Gasteiger charge is -2.00. The number of fused-ring (bicyclic) bond motifs is 3. The molecule has 0 saturated heterocycles. The molecule has 0 bridgehead atoms. The highest BCUT2D eigenvalue weighted by atomic mass is 35.5. The van der Waals surface area contributed by atoms with Gasteiger partial charge < -0.3 is 0 Å². The first-order chi connectivity index (χ1) is 40.6. The molecule has 0 aliphatic rings. The summed E-state index contributed by atoms with van der Waals surface area (Å²) in [4.78, 5) is 21.3. The van der Waals surface area contributed by atoms with Crippen molar-refractivity contribution >= 4 is 44.3 Å². The minimum Gasteiger partial charge on any atom is -0.272 e. The quantitative estimate of drug-likeness (QED) is 0.0928. The van der Waals surface area contributed by atoms with Gasteiger partial charge in [-0.1, -0.05) is 144 Å². The van der Waals surface area contributed by atoms with Crippen LogP contribution in [-0.4, -0.2) is 54.3 Å². The minimum absolute atomic E-state index is 0.681. The summed E-state index contributed by atoms with van der Waals surface area (Å²) in [5.74, 6) is 24.8. The van der Waals surface area contributed by atoms with E-state index in [2.05, 4.69) is 136 Å². The first-order valence-corrected chi connectivity index (χ1v) is 27.5. The fraction of sp³-hybridized carbons (Fsp3) is 0.143. The molecule has 12 rings (SSSR count). The molecule has 82 heavy (non-hydrogen) atoms. The summed E-state index contributed by atoms with van der Waals surface area (Å²) in [6, 6.07) is 59.6. The van der Waals surface area contributed by atoms with Gasteiger partial charge in [0.15, 0.2) is 0 Å². The molecule has 0 fully saturated rings. The van der Waals surface area contributed by atoms with Crippen molar-refractivity contribution in [1.29, 1.82) is 0 Å². The zero-order valence-corrected chi connectivity index (χ0v) is 46.1. The van der Waals surface area contributed by atoms with E-state index in [9.17, 15) is 0 Å². The van der Waals surface area contributed by atoms with Crippen molar-refractivity contribution < 1.29 is 0 Å². The topological polar surface area (TPSA) is 118 Å². The Morgan fingerprint density at radius 3 is 1.51 bits per heavy atom. The van der Waals surface area contributed by atoms with Gasteiger partial charge in [-0.3, -0.25) is 19.0 Å². The Labute approximate surface area is 484 Å². The van der Waals surface area contributed by atoms with Crippen LogP contribution in [0.15, 0.2) is 232 Å². The summed E-state index contributed by atoms with van der Waals surface area (Å²) in [7, 11) is 0. The highest BCUT2D eigenvalue weighted by molar-refractivity contribution is 6.35. The Morgan fingerprint density at radius 1 is 0.378 bits per heavy atom. The fourth-order valence-corrected chi connectivity index (χ4v) is 8.41. The largest absolute Gasteiger partial charge is 0.272 e. The van der Waals surface area contributed by atoms with Crippen molar-refractivity contribution in [3.05, 3.63) is 265 Å². The average Bonchev–Trinajstić information content (AvgIpc) is 4.33. The van der Waals surface area contributed by atoms with Crippen LogP contribution in [0.3, 0.4) is 0 Å². The second-order valence-electron chi connectivity index (χ2n) is 18.4. The van der Waals surface area contributed by atoms with E-state index in [1.165, 1.54) is 16.3 Å². The lowest BCUT2D eigenvalue weighted by atomic mass is 10.1. The SMILES string of the molecule is C(#Cc1ccccn1)CCCCn1cc2ccccc2n1.C(#Cc1ccccn1)CCc1ccc2ccccc2n1.C(#Cc1ccccn1)CCn1cc(-c2ccccc2)cn1.Clc1cccc2cn(CCC#Cc3ccccn3)nc12. The van der Waals surface area contributed by atoms with Gasteiger partial charge >= 0.3 is 0 Å². The van der Waals surface area contributed by atoms with E-state index in [1.54, 1.807) is 24.8 Å². The van der Waals surface area contributed by atoms with E-state index in [-0.39, 0.29) is 0 Å². The van der Waals surface area contributed by atoms with Crippen molar-refractivity contribution in [2.45, 2.75) is 64.6 Å². The molecule has 0 N–H and O–H groups in total. The number of aromatic nitrogens is 11. The number of aryl methyl sites for hydroxylation is 4. The zero-order chi connectivity index (χ0) is 56.1. The van der Waals surface area contributed by atoms with Gasteiger partial charge in [-0.15, -0.1) is 0 Å². The molecule has 8 heterocycles. The van der Waals surface area contributed by atoms with E-state index in [1.807, 2.05) is 172 Å². The molecule has 400 valence electrons. The number of nitrogens with zero attached hydrogens (tertiary/aromatic N) is 11. The molecule has 0 spiro atoms. The van der Waals surface area contributed by atoms with Crippen LogP contribution in [0.25, 0.3) is 43.8 Å². The summed E-state index contributed by atoms with van der Waals surface area (Å²) in [5.41, 5.74) is 9.61. The van der Waals surface area contributed by atoms with Gasteiger partial charge in [-0.25, -0.2) is 19.9 Å². The standard InChI is InChI=1S/C18H15N3.C18H17N3.C18H14N2.C16H12ClN3/c1-2-8-16(9-3-1)17-14-20-21(15-17)13-7-5-11-18-10-4-6-12-19-18;1(3-10-17-11-6-7-13-19-17)2-8-14-21-15-16-9-4-5-12-18(16)20-21;1-4-11-18-15(7-1)12-13-17(20-18)10-3-2-8-16-9-5-6-14-19-16;17-15-9-5-6-13-12-20(19-16(13)15)11-4-2-8-14-7-1-3-10-18-14/h1-4,6,8-10,12,14-15H,7,13H2;4-7,9,11-13,15H,1-2,8,14H2;1,4-7,9,11-14H,3,10H2;1,3,5-7,9-10,12H,4,11H2. The number of halogens is 1. The third-order valence-electron chi connectivity index (χ3n) is 12.3. The van der Waals surface area contributed by atoms with Crippen molar-refractivity contribution in [2.75, 3.05) is 0 Å². The van der Waals surface area contributed by atoms with Crippen LogP contribution in [-0.2, 0) is 26.1 Å². The fourth-order valence-electron chi connectivity index (χ4n) is 8.19. The van der Waals surface area contributed by atoms with E-state index >= 15 is 0 Å². The molecule has 0 aliphatic heterocycles. The third-order valence-corrected chi connectivity index (χ3v) is 12.6. The maximum atomic E-state index is 6.10. The molecule has 0 unspecified atom stereocenters. The number of hydrogen-bond acceptors (Lipinski definition) is 8. The maximum Gasteiger partial charge on any atom is 0.113 e. The van der Waals surface area contributed by atoms with Crippen LogP contribution in [0.2, 0.25) is 5.02 Å². The summed E-state index contributed by atoms with van der Waals surface area (Å²) in [5, 5.41) is 17.5. The predicted molar refractivity (Wildman–Crippen MR) is 330 cm³/mol. The van der Waals surface area contributed by atoms with Crippen LogP contribution in [0, 0.1) is 47.4 Å². The van der Waals surface area contributed by atoms with Crippen LogP contribution in [0.4, 0.5) is 0 Å². The number of hydrogen-bond donors (Lipinski definition) is 0. The van der Waals surface area contributed by atoms with Gasteiger partial charge in [0.05, 0.1) is 35.3 Å². The Hall–Kier alpha value is -10.4. The van der Waals surface area contributed by atoms with Crippen LogP contribution < -0.4 is 0 Å². The highest BCUT2D eigenvalue weighted by Crippen LogP contribution is 2.22. The van der Waals surface area contributed by atoms with Crippen molar-refractivity contribution in [3.63, 3.8) is 0 Å². The number of rotatable bonds is 11. The average molecular weight is 1090 g/mol. The van der Waals surface area contributed by atoms with Crippen molar-refractivity contribution in [1.82, 2.24) is 54.3 Å². The summed E-state index contributed by atoms with van der Waals surface area (Å²) < 4.78 is 5.83. The maximum absolute atomic E-state index is 6.10. The van der Waals surface area contributed by atoms with Gasteiger partial charge in [0, 0.05) is 109 Å². The van der Waals surface area contributed by atoms with Crippen LogP contribution in [0.1, 0.15) is 67.0 Å². The van der Waals surface area contributed by atoms with Crippen molar-refractivity contribution in [3.8, 4) is 58.5 Å². The molecule has 0 atom stereocenters. The number of pyridine rings is 5. The Bertz CT molecular complexity index is 4120. The molecule has 12 heteroatoms.